The van der Waals surface area contributed by atoms with Crippen molar-refractivity contribution in [2.75, 3.05) is 29.7 Å². The molecule has 19 heavy (non-hydrogen) atoms. The van der Waals surface area contributed by atoms with E-state index in [1.807, 2.05) is 0 Å². The number of aliphatic hydroxyl groups excluding tert-OH is 1. The quantitative estimate of drug-likeness (QED) is 0.541. The van der Waals surface area contributed by atoms with Crippen molar-refractivity contribution in [2.24, 2.45) is 0 Å². The summed E-state index contributed by atoms with van der Waals surface area (Å²) in [5, 5.41) is 9.04. The number of alkyl halides is 2. The van der Waals surface area contributed by atoms with Gasteiger partial charge in [0.25, 0.3) is 0 Å². The first-order chi connectivity index (χ1) is 9.17. The van der Waals surface area contributed by atoms with Crippen molar-refractivity contribution in [2.45, 2.75) is 19.3 Å². The molecule has 1 aromatic rings. The molecule has 0 radical (unpaired) electrons. The van der Waals surface area contributed by atoms with E-state index < -0.39 is 0 Å². The van der Waals surface area contributed by atoms with Gasteiger partial charge in [0, 0.05) is 37.0 Å². The van der Waals surface area contributed by atoms with Crippen LogP contribution in [0.25, 0.3) is 0 Å². The van der Waals surface area contributed by atoms with Crippen LogP contribution in [0.5, 0.6) is 0 Å². The van der Waals surface area contributed by atoms with Crippen LogP contribution in [-0.2, 0) is 6.42 Å². The lowest BCUT2D eigenvalue weighted by atomic mass is 10.1. The van der Waals surface area contributed by atoms with E-state index in [2.05, 4.69) is 35.7 Å². The fraction of sp³-hybridized carbons (Fsp3) is 0.467. The van der Waals surface area contributed by atoms with Gasteiger partial charge in [0.1, 0.15) is 0 Å². The molecular formula is C15H21Cl2NO. The van der Waals surface area contributed by atoms with Gasteiger partial charge < -0.3 is 10.0 Å². The molecule has 0 spiro atoms. The average Bonchev–Trinajstić information content (AvgIpc) is 2.39. The first kappa shape index (κ1) is 16.2. The third-order valence-corrected chi connectivity index (χ3v) is 3.28. The van der Waals surface area contributed by atoms with E-state index in [0.717, 1.165) is 31.6 Å². The van der Waals surface area contributed by atoms with E-state index in [1.54, 1.807) is 0 Å². The summed E-state index contributed by atoms with van der Waals surface area (Å²) in [4.78, 5) is 2.18. The topological polar surface area (TPSA) is 23.5 Å². The Morgan fingerprint density at radius 3 is 2.16 bits per heavy atom. The van der Waals surface area contributed by atoms with Crippen LogP contribution >= 0.6 is 23.2 Å². The Hall–Kier alpha value is -0.860. The summed E-state index contributed by atoms with van der Waals surface area (Å²) in [6.07, 6.45) is 2.53. The molecule has 2 nitrogen and oxygen atoms in total. The minimum atomic E-state index is 0.257. The lowest BCUT2D eigenvalue weighted by Gasteiger charge is -2.23. The van der Waals surface area contributed by atoms with Crippen LogP contribution in [0.2, 0.25) is 0 Å². The second-order valence-electron chi connectivity index (χ2n) is 4.45. The van der Waals surface area contributed by atoms with Crippen LogP contribution in [0.15, 0.2) is 36.6 Å². The standard InChI is InChI=1S/C15H21Cl2NO/c1-13(19)3-2-4-14-5-7-15(8-6-14)18(11-9-16)12-10-17/h5-8,19H,1-4,9-12H2. The highest BCUT2D eigenvalue weighted by Crippen LogP contribution is 2.17. The highest BCUT2D eigenvalue weighted by atomic mass is 35.5. The lowest BCUT2D eigenvalue weighted by Crippen LogP contribution is -2.27. The molecule has 0 unspecified atom stereocenters. The summed E-state index contributed by atoms with van der Waals surface area (Å²) in [7, 11) is 0. The number of hydrogen-bond donors (Lipinski definition) is 1. The fourth-order valence-corrected chi connectivity index (χ4v) is 2.35. The van der Waals surface area contributed by atoms with Gasteiger partial charge in [-0.25, -0.2) is 0 Å². The van der Waals surface area contributed by atoms with Crippen LogP contribution in [-0.4, -0.2) is 30.0 Å². The molecule has 106 valence electrons. The molecule has 1 rings (SSSR count). The molecule has 0 aliphatic carbocycles. The van der Waals surface area contributed by atoms with Crippen molar-refractivity contribution in [1.82, 2.24) is 0 Å². The predicted molar refractivity (Wildman–Crippen MR) is 84.8 cm³/mol. The van der Waals surface area contributed by atoms with Gasteiger partial charge in [0.05, 0.1) is 5.76 Å². The van der Waals surface area contributed by atoms with Gasteiger partial charge in [-0.1, -0.05) is 18.7 Å². The molecule has 0 saturated carbocycles. The molecule has 0 bridgehead atoms. The molecule has 0 saturated heterocycles. The highest BCUT2D eigenvalue weighted by molar-refractivity contribution is 6.18. The van der Waals surface area contributed by atoms with Gasteiger partial charge in [0.2, 0.25) is 0 Å². The van der Waals surface area contributed by atoms with Crippen molar-refractivity contribution in [1.29, 1.82) is 0 Å². The van der Waals surface area contributed by atoms with Gasteiger partial charge in [-0.3, -0.25) is 0 Å². The van der Waals surface area contributed by atoms with Gasteiger partial charge in [-0.2, -0.15) is 0 Å². The number of aliphatic hydroxyl groups is 1. The number of allylic oxidation sites excluding steroid dienone is 1. The molecule has 1 aromatic carbocycles. The van der Waals surface area contributed by atoms with E-state index in [9.17, 15) is 0 Å². The zero-order chi connectivity index (χ0) is 14.1. The number of benzene rings is 1. The second-order valence-corrected chi connectivity index (χ2v) is 5.21. The van der Waals surface area contributed by atoms with Crippen LogP contribution < -0.4 is 4.90 Å². The first-order valence-electron chi connectivity index (χ1n) is 6.50. The Morgan fingerprint density at radius 2 is 1.68 bits per heavy atom. The summed E-state index contributed by atoms with van der Waals surface area (Å²) in [6.45, 7) is 5.10. The molecule has 0 fully saturated rings. The lowest BCUT2D eigenvalue weighted by molar-refractivity contribution is 0.387. The number of anilines is 1. The number of rotatable bonds is 9. The number of nitrogens with zero attached hydrogens (tertiary/aromatic N) is 1. The molecule has 1 N–H and O–H groups in total. The summed E-state index contributed by atoms with van der Waals surface area (Å²) in [5.41, 5.74) is 2.42. The molecular weight excluding hydrogens is 281 g/mol. The van der Waals surface area contributed by atoms with E-state index in [4.69, 9.17) is 28.3 Å². The SMILES string of the molecule is C=C(O)CCCc1ccc(N(CCCl)CCCl)cc1. The van der Waals surface area contributed by atoms with Crippen LogP contribution in [0.3, 0.4) is 0 Å². The van der Waals surface area contributed by atoms with Crippen LogP contribution in [0.1, 0.15) is 18.4 Å². The van der Waals surface area contributed by atoms with Gasteiger partial charge >= 0.3 is 0 Å². The summed E-state index contributed by atoms with van der Waals surface area (Å²) in [5.74, 6) is 1.45. The maximum absolute atomic E-state index is 9.04. The third-order valence-electron chi connectivity index (χ3n) is 2.94. The Bertz CT molecular complexity index is 372. The summed E-state index contributed by atoms with van der Waals surface area (Å²) < 4.78 is 0. The van der Waals surface area contributed by atoms with Gasteiger partial charge in [-0.05, 0) is 30.5 Å². The van der Waals surface area contributed by atoms with Gasteiger partial charge in [0.15, 0.2) is 0 Å². The van der Waals surface area contributed by atoms with E-state index in [-0.39, 0.29) is 5.76 Å². The first-order valence-corrected chi connectivity index (χ1v) is 7.57. The molecule has 0 heterocycles. The van der Waals surface area contributed by atoms with Crippen molar-refractivity contribution >= 4 is 28.9 Å². The Labute approximate surface area is 125 Å². The zero-order valence-corrected chi connectivity index (χ0v) is 12.6. The van der Waals surface area contributed by atoms with E-state index in [1.165, 1.54) is 5.56 Å². The summed E-state index contributed by atoms with van der Waals surface area (Å²) in [6, 6.07) is 8.43. The molecule has 0 atom stereocenters. The Balaban J connectivity index is 2.55. The summed E-state index contributed by atoms with van der Waals surface area (Å²) >= 11 is 11.6. The monoisotopic (exact) mass is 301 g/mol. The Kier molecular flexibility index (Phi) is 7.76. The zero-order valence-electron chi connectivity index (χ0n) is 11.1. The largest absolute Gasteiger partial charge is 0.513 e. The van der Waals surface area contributed by atoms with Gasteiger partial charge in [-0.15, -0.1) is 23.2 Å². The van der Waals surface area contributed by atoms with E-state index >= 15 is 0 Å². The smallest absolute Gasteiger partial charge is 0.0851 e. The fourth-order valence-electron chi connectivity index (χ4n) is 1.94. The van der Waals surface area contributed by atoms with Crippen molar-refractivity contribution in [3.05, 3.63) is 42.2 Å². The maximum atomic E-state index is 9.04. The Morgan fingerprint density at radius 1 is 1.11 bits per heavy atom. The molecule has 4 heteroatoms. The molecule has 0 aliphatic heterocycles. The second kappa shape index (κ2) is 9.11. The average molecular weight is 302 g/mol. The number of aryl methyl sites for hydroxylation is 1. The van der Waals surface area contributed by atoms with Crippen molar-refractivity contribution < 1.29 is 5.11 Å². The van der Waals surface area contributed by atoms with E-state index in [0.29, 0.717) is 18.2 Å². The minimum absolute atomic E-state index is 0.257. The molecule has 0 aromatic heterocycles. The molecule has 0 amide bonds. The normalized spacial score (nSPS) is 10.4. The third kappa shape index (κ3) is 6.22. The maximum Gasteiger partial charge on any atom is 0.0851 e. The van der Waals surface area contributed by atoms with Crippen molar-refractivity contribution in [3.63, 3.8) is 0 Å². The number of halogens is 2. The molecule has 0 aliphatic rings. The number of hydrogen-bond acceptors (Lipinski definition) is 2. The predicted octanol–water partition coefficient (Wildman–Crippen LogP) is 4.37. The highest BCUT2D eigenvalue weighted by Gasteiger charge is 2.05. The van der Waals surface area contributed by atoms with Crippen LogP contribution in [0, 0.1) is 0 Å². The minimum Gasteiger partial charge on any atom is -0.513 e. The van der Waals surface area contributed by atoms with Crippen molar-refractivity contribution in [3.8, 4) is 0 Å². The van der Waals surface area contributed by atoms with Crippen LogP contribution in [0.4, 0.5) is 5.69 Å².